The molecule has 1 aromatic heterocycles. The first kappa shape index (κ1) is 12.7. The Kier molecular flexibility index (Phi) is 3.05. The lowest BCUT2D eigenvalue weighted by Crippen LogP contribution is -2.13. The monoisotopic (exact) mass is 300 g/mol. The van der Waals surface area contributed by atoms with Gasteiger partial charge in [0.2, 0.25) is 0 Å². The van der Waals surface area contributed by atoms with Crippen molar-refractivity contribution < 1.29 is 9.47 Å². The molecule has 0 spiro atoms. The van der Waals surface area contributed by atoms with E-state index in [1.165, 1.54) is 0 Å². The number of halogens is 1. The second-order valence-corrected chi connectivity index (χ2v) is 5.24. The van der Waals surface area contributed by atoms with E-state index in [4.69, 9.17) is 21.1 Å². The van der Waals surface area contributed by atoms with Gasteiger partial charge >= 0.3 is 0 Å². The largest absolute Gasteiger partial charge is 0.467 e. The van der Waals surface area contributed by atoms with Gasteiger partial charge in [-0.3, -0.25) is 0 Å². The number of nitrogens with one attached hydrogen (secondary N) is 1. The van der Waals surface area contributed by atoms with Gasteiger partial charge in [0.05, 0.1) is 23.5 Å². The zero-order valence-corrected chi connectivity index (χ0v) is 12.0. The first-order chi connectivity index (χ1) is 10.3. The van der Waals surface area contributed by atoms with Crippen LogP contribution in [0.15, 0.2) is 36.4 Å². The van der Waals surface area contributed by atoms with Gasteiger partial charge in [-0.2, -0.15) is 0 Å². The van der Waals surface area contributed by atoms with Crippen molar-refractivity contribution in [3.63, 3.8) is 0 Å². The summed E-state index contributed by atoms with van der Waals surface area (Å²) in [6, 6.07) is 12.0. The maximum absolute atomic E-state index is 6.05. The molecule has 0 unspecified atom stereocenters. The standard InChI is InChI=1S/C16H13ClN2O2/c17-7-11-5-10(6-12-8-20-9-21-15(11)12)16-18-13-3-1-2-4-14(13)19-16/h1-6H,7-9H2,(H,18,19). The van der Waals surface area contributed by atoms with Gasteiger partial charge < -0.3 is 14.5 Å². The highest BCUT2D eigenvalue weighted by atomic mass is 35.5. The van der Waals surface area contributed by atoms with Crippen LogP contribution in [0.4, 0.5) is 0 Å². The third kappa shape index (κ3) is 2.17. The lowest BCUT2D eigenvalue weighted by atomic mass is 10.0. The van der Waals surface area contributed by atoms with Crippen molar-refractivity contribution in [1.29, 1.82) is 0 Å². The zero-order valence-electron chi connectivity index (χ0n) is 11.2. The Morgan fingerprint density at radius 1 is 1.24 bits per heavy atom. The lowest BCUT2D eigenvalue weighted by Gasteiger charge is -2.20. The Labute approximate surface area is 126 Å². The van der Waals surface area contributed by atoms with E-state index in [9.17, 15) is 0 Å². The minimum absolute atomic E-state index is 0.279. The fourth-order valence-corrected chi connectivity index (χ4v) is 2.82. The summed E-state index contributed by atoms with van der Waals surface area (Å²) in [5.74, 6) is 2.07. The fraction of sp³-hybridized carbons (Fsp3) is 0.188. The van der Waals surface area contributed by atoms with Gasteiger partial charge in [0.25, 0.3) is 0 Å². The Balaban J connectivity index is 1.87. The second kappa shape index (κ2) is 5.06. The summed E-state index contributed by atoms with van der Waals surface area (Å²) >= 11 is 6.05. The number of alkyl halides is 1. The van der Waals surface area contributed by atoms with E-state index < -0.39 is 0 Å². The van der Waals surface area contributed by atoms with Crippen molar-refractivity contribution in [2.24, 2.45) is 0 Å². The molecule has 0 amide bonds. The number of aromatic nitrogens is 2. The Hall–Kier alpha value is -2.04. The van der Waals surface area contributed by atoms with Gasteiger partial charge in [0, 0.05) is 16.7 Å². The molecule has 1 N–H and O–H groups in total. The Morgan fingerprint density at radius 2 is 2.14 bits per heavy atom. The molecule has 1 aliphatic rings. The molecule has 1 aliphatic heterocycles. The molecule has 0 saturated heterocycles. The van der Waals surface area contributed by atoms with Crippen LogP contribution in [0.3, 0.4) is 0 Å². The minimum Gasteiger partial charge on any atom is -0.467 e. The van der Waals surface area contributed by atoms with Gasteiger partial charge in [0.15, 0.2) is 6.79 Å². The molecular weight excluding hydrogens is 288 g/mol. The van der Waals surface area contributed by atoms with Crippen molar-refractivity contribution in [2.75, 3.05) is 6.79 Å². The summed E-state index contributed by atoms with van der Waals surface area (Å²) in [5.41, 5.74) is 4.94. The highest BCUT2D eigenvalue weighted by Gasteiger charge is 2.18. The Bertz CT molecular complexity index is 763. The number of rotatable bonds is 2. The van der Waals surface area contributed by atoms with Crippen molar-refractivity contribution in [2.45, 2.75) is 12.5 Å². The van der Waals surface area contributed by atoms with Gasteiger partial charge in [0.1, 0.15) is 11.6 Å². The second-order valence-electron chi connectivity index (χ2n) is 4.97. The summed E-state index contributed by atoms with van der Waals surface area (Å²) in [5, 5.41) is 0. The van der Waals surface area contributed by atoms with E-state index in [1.807, 2.05) is 36.4 Å². The summed E-state index contributed by atoms with van der Waals surface area (Å²) in [6.45, 7) is 0.814. The van der Waals surface area contributed by atoms with Crippen LogP contribution in [0.2, 0.25) is 0 Å². The van der Waals surface area contributed by atoms with Crippen LogP contribution in [-0.4, -0.2) is 16.8 Å². The number of H-pyrrole nitrogens is 1. The number of hydrogen-bond acceptors (Lipinski definition) is 3. The predicted octanol–water partition coefficient (Wildman–Crippen LogP) is 3.84. The van der Waals surface area contributed by atoms with Gasteiger partial charge in [-0.25, -0.2) is 4.98 Å². The number of fused-ring (bicyclic) bond motifs is 2. The molecule has 0 bridgehead atoms. The van der Waals surface area contributed by atoms with Crippen LogP contribution in [-0.2, 0) is 17.2 Å². The molecule has 5 heteroatoms. The number of aromatic amines is 1. The van der Waals surface area contributed by atoms with Crippen molar-refractivity contribution in [1.82, 2.24) is 9.97 Å². The molecule has 0 fully saturated rings. The van der Waals surface area contributed by atoms with E-state index in [0.717, 1.165) is 39.3 Å². The summed E-state index contributed by atoms with van der Waals surface area (Å²) < 4.78 is 10.9. The Morgan fingerprint density at radius 3 is 3.00 bits per heavy atom. The maximum Gasteiger partial charge on any atom is 0.189 e. The van der Waals surface area contributed by atoms with Crippen LogP contribution in [0.25, 0.3) is 22.4 Å². The predicted molar refractivity (Wildman–Crippen MR) is 81.4 cm³/mol. The number of para-hydroxylation sites is 2. The van der Waals surface area contributed by atoms with Crippen molar-refractivity contribution in [3.05, 3.63) is 47.5 Å². The number of benzene rings is 2. The van der Waals surface area contributed by atoms with Gasteiger partial charge in [-0.15, -0.1) is 11.6 Å². The average molecular weight is 301 g/mol. The first-order valence-corrected chi connectivity index (χ1v) is 7.26. The van der Waals surface area contributed by atoms with Crippen LogP contribution >= 0.6 is 11.6 Å². The van der Waals surface area contributed by atoms with E-state index in [0.29, 0.717) is 12.5 Å². The molecule has 0 radical (unpaired) electrons. The van der Waals surface area contributed by atoms with Crippen molar-refractivity contribution in [3.8, 4) is 17.1 Å². The quantitative estimate of drug-likeness (QED) is 0.732. The molecule has 0 atom stereocenters. The SMILES string of the molecule is ClCc1cc(-c2nc3ccccc3[nH]2)cc2c1OCOC2. The third-order valence-corrected chi connectivity index (χ3v) is 3.88. The molecule has 4 rings (SSSR count). The summed E-state index contributed by atoms with van der Waals surface area (Å²) in [6.07, 6.45) is 0. The molecule has 4 nitrogen and oxygen atoms in total. The molecule has 21 heavy (non-hydrogen) atoms. The number of imidazole rings is 1. The van der Waals surface area contributed by atoms with Crippen LogP contribution < -0.4 is 4.74 Å². The molecule has 106 valence electrons. The van der Waals surface area contributed by atoms with Crippen LogP contribution in [0, 0.1) is 0 Å². The third-order valence-electron chi connectivity index (χ3n) is 3.59. The van der Waals surface area contributed by atoms with Gasteiger partial charge in [-0.1, -0.05) is 12.1 Å². The summed E-state index contributed by atoms with van der Waals surface area (Å²) in [7, 11) is 0. The average Bonchev–Trinajstić information content (AvgIpc) is 2.98. The molecule has 3 aromatic rings. The highest BCUT2D eigenvalue weighted by molar-refractivity contribution is 6.17. The fourth-order valence-electron chi connectivity index (χ4n) is 2.62. The van der Waals surface area contributed by atoms with Gasteiger partial charge in [-0.05, 0) is 24.3 Å². The zero-order chi connectivity index (χ0) is 14.2. The van der Waals surface area contributed by atoms with E-state index in [2.05, 4.69) is 9.97 Å². The van der Waals surface area contributed by atoms with Crippen LogP contribution in [0.5, 0.6) is 5.75 Å². The van der Waals surface area contributed by atoms with Crippen molar-refractivity contribution >= 4 is 22.6 Å². The molecule has 0 saturated carbocycles. The normalized spacial score (nSPS) is 14.0. The maximum atomic E-state index is 6.05. The molecule has 0 aliphatic carbocycles. The topological polar surface area (TPSA) is 47.1 Å². The first-order valence-electron chi connectivity index (χ1n) is 6.72. The van der Waals surface area contributed by atoms with E-state index in [-0.39, 0.29) is 6.79 Å². The minimum atomic E-state index is 0.279. The van der Waals surface area contributed by atoms with Crippen LogP contribution in [0.1, 0.15) is 11.1 Å². The number of ether oxygens (including phenoxy) is 2. The highest BCUT2D eigenvalue weighted by Crippen LogP contribution is 2.34. The number of nitrogens with zero attached hydrogens (tertiary/aromatic N) is 1. The van der Waals surface area contributed by atoms with E-state index >= 15 is 0 Å². The molecule has 2 heterocycles. The smallest absolute Gasteiger partial charge is 0.189 e. The van der Waals surface area contributed by atoms with E-state index in [1.54, 1.807) is 0 Å². The summed E-state index contributed by atoms with van der Waals surface area (Å²) in [4.78, 5) is 7.96. The lowest BCUT2D eigenvalue weighted by molar-refractivity contribution is -0.0168. The number of hydrogen-bond donors (Lipinski definition) is 1. The molecule has 2 aromatic carbocycles. The molecular formula is C16H13ClN2O2.